The zero-order valence-electron chi connectivity index (χ0n) is 18.2. The number of amides is 1. The first-order chi connectivity index (χ1) is 15.8. The van der Waals surface area contributed by atoms with Gasteiger partial charge in [0.1, 0.15) is 0 Å². The first-order valence-electron chi connectivity index (χ1n) is 10.2. The Kier molecular flexibility index (Phi) is 6.62. The zero-order chi connectivity index (χ0) is 23.6. The SMILES string of the molecule is COc1ccc(CN(C(=O)c2cc(-c3ccc(Cl)cc3)on2)C2CCS(=O)(=O)C2)cc1OC. The molecule has 0 saturated carbocycles. The molecular weight excluding hydrogens is 468 g/mol. The first-order valence-corrected chi connectivity index (χ1v) is 12.4. The second kappa shape index (κ2) is 9.44. The van der Waals surface area contributed by atoms with Crippen LogP contribution in [-0.2, 0) is 16.4 Å². The van der Waals surface area contributed by atoms with Gasteiger partial charge in [-0.25, -0.2) is 8.42 Å². The van der Waals surface area contributed by atoms with Crippen LogP contribution in [0.1, 0.15) is 22.5 Å². The number of rotatable bonds is 7. The van der Waals surface area contributed by atoms with E-state index in [9.17, 15) is 13.2 Å². The molecule has 2 aromatic carbocycles. The fourth-order valence-corrected chi connectivity index (χ4v) is 5.69. The van der Waals surface area contributed by atoms with Crippen molar-refractivity contribution in [1.29, 1.82) is 0 Å². The van der Waals surface area contributed by atoms with Crippen LogP contribution < -0.4 is 9.47 Å². The highest BCUT2D eigenvalue weighted by Crippen LogP contribution is 2.30. The van der Waals surface area contributed by atoms with Gasteiger partial charge < -0.3 is 18.9 Å². The lowest BCUT2D eigenvalue weighted by Crippen LogP contribution is -2.40. The highest BCUT2D eigenvalue weighted by molar-refractivity contribution is 7.91. The first kappa shape index (κ1) is 23.1. The summed E-state index contributed by atoms with van der Waals surface area (Å²) in [6.45, 7) is 0.183. The van der Waals surface area contributed by atoms with Crippen molar-refractivity contribution in [3.63, 3.8) is 0 Å². The van der Waals surface area contributed by atoms with E-state index in [0.29, 0.717) is 28.7 Å². The van der Waals surface area contributed by atoms with Crippen LogP contribution in [0.4, 0.5) is 0 Å². The third-order valence-corrected chi connectivity index (χ3v) is 7.57. The minimum Gasteiger partial charge on any atom is -0.493 e. The van der Waals surface area contributed by atoms with Crippen molar-refractivity contribution in [2.75, 3.05) is 25.7 Å². The standard InChI is InChI=1S/C23H23ClN2O6S/c1-30-20-8-3-15(11-22(20)31-2)13-26(18-9-10-33(28,29)14-18)23(27)19-12-21(32-25-19)16-4-6-17(24)7-5-16/h3-8,11-12,18H,9-10,13-14H2,1-2H3. The molecule has 33 heavy (non-hydrogen) atoms. The van der Waals surface area contributed by atoms with Gasteiger partial charge in [-0.3, -0.25) is 4.79 Å². The summed E-state index contributed by atoms with van der Waals surface area (Å²) in [7, 11) is -0.138. The monoisotopic (exact) mass is 490 g/mol. The molecule has 1 unspecified atom stereocenters. The van der Waals surface area contributed by atoms with Crippen molar-refractivity contribution in [2.45, 2.75) is 19.0 Å². The van der Waals surface area contributed by atoms with Crippen LogP contribution in [0.2, 0.25) is 5.02 Å². The number of carbonyl (C=O) groups excluding carboxylic acids is 1. The molecule has 4 rings (SSSR count). The third kappa shape index (κ3) is 5.15. The van der Waals surface area contributed by atoms with E-state index in [-0.39, 0.29) is 23.7 Å². The number of nitrogens with zero attached hydrogens (tertiary/aromatic N) is 2. The summed E-state index contributed by atoms with van der Waals surface area (Å²) in [4.78, 5) is 15.0. The lowest BCUT2D eigenvalue weighted by atomic mass is 10.1. The van der Waals surface area contributed by atoms with E-state index in [1.54, 1.807) is 49.6 Å². The normalized spacial score (nSPS) is 17.0. The Morgan fingerprint density at radius 1 is 1.12 bits per heavy atom. The molecule has 0 N–H and O–H groups in total. The molecule has 2 heterocycles. The maximum Gasteiger partial charge on any atom is 0.276 e. The quantitative estimate of drug-likeness (QED) is 0.496. The average Bonchev–Trinajstić information content (AvgIpc) is 3.44. The minimum absolute atomic E-state index is 0.0439. The fourth-order valence-electron chi connectivity index (χ4n) is 3.84. The molecule has 0 aliphatic carbocycles. The number of benzene rings is 2. The van der Waals surface area contributed by atoms with E-state index < -0.39 is 21.8 Å². The average molecular weight is 491 g/mol. The van der Waals surface area contributed by atoms with Crippen LogP contribution in [0.25, 0.3) is 11.3 Å². The lowest BCUT2D eigenvalue weighted by Gasteiger charge is -2.27. The Hall–Kier alpha value is -3.04. The Morgan fingerprint density at radius 2 is 1.85 bits per heavy atom. The molecule has 1 saturated heterocycles. The van der Waals surface area contributed by atoms with Crippen LogP contribution in [0.15, 0.2) is 53.1 Å². The van der Waals surface area contributed by atoms with E-state index in [1.807, 2.05) is 6.07 Å². The van der Waals surface area contributed by atoms with E-state index in [2.05, 4.69) is 5.16 Å². The van der Waals surface area contributed by atoms with Crippen LogP contribution >= 0.6 is 11.6 Å². The molecule has 0 bridgehead atoms. The van der Waals surface area contributed by atoms with Gasteiger partial charge in [-0.05, 0) is 48.4 Å². The smallest absolute Gasteiger partial charge is 0.276 e. The maximum absolute atomic E-state index is 13.5. The summed E-state index contributed by atoms with van der Waals surface area (Å²) in [6, 6.07) is 13.4. The topological polar surface area (TPSA) is 98.9 Å². The lowest BCUT2D eigenvalue weighted by molar-refractivity contribution is 0.0670. The van der Waals surface area contributed by atoms with Gasteiger partial charge in [0.15, 0.2) is 32.8 Å². The molecule has 1 aliphatic rings. The van der Waals surface area contributed by atoms with Crippen LogP contribution in [-0.4, -0.2) is 56.1 Å². The van der Waals surface area contributed by atoms with Gasteiger partial charge in [0.2, 0.25) is 0 Å². The van der Waals surface area contributed by atoms with E-state index in [1.165, 1.54) is 12.0 Å². The number of halogens is 1. The molecule has 8 nitrogen and oxygen atoms in total. The van der Waals surface area contributed by atoms with Crippen molar-refractivity contribution in [3.8, 4) is 22.8 Å². The van der Waals surface area contributed by atoms with Crippen LogP contribution in [0.3, 0.4) is 0 Å². The van der Waals surface area contributed by atoms with Crippen molar-refractivity contribution >= 4 is 27.3 Å². The fraction of sp³-hybridized carbons (Fsp3) is 0.304. The molecule has 3 aromatic rings. The molecule has 0 spiro atoms. The number of hydrogen-bond donors (Lipinski definition) is 0. The van der Waals surface area contributed by atoms with Gasteiger partial charge in [0.05, 0.1) is 25.7 Å². The second-order valence-corrected chi connectivity index (χ2v) is 10.4. The summed E-state index contributed by atoms with van der Waals surface area (Å²) in [5, 5.41) is 4.53. The summed E-state index contributed by atoms with van der Waals surface area (Å²) >= 11 is 5.94. The molecular formula is C23H23ClN2O6S. The predicted octanol–water partition coefficient (Wildman–Crippen LogP) is 3.84. The Morgan fingerprint density at radius 3 is 2.48 bits per heavy atom. The van der Waals surface area contributed by atoms with Gasteiger partial charge in [0, 0.05) is 29.2 Å². The predicted molar refractivity (Wildman–Crippen MR) is 123 cm³/mol. The minimum atomic E-state index is -3.21. The molecule has 1 atom stereocenters. The summed E-state index contributed by atoms with van der Waals surface area (Å²) in [6.07, 6.45) is 0.364. The van der Waals surface area contributed by atoms with E-state index >= 15 is 0 Å². The largest absolute Gasteiger partial charge is 0.493 e. The van der Waals surface area contributed by atoms with E-state index in [4.69, 9.17) is 25.6 Å². The van der Waals surface area contributed by atoms with Crippen LogP contribution in [0, 0.1) is 0 Å². The Labute approximate surface area is 197 Å². The van der Waals surface area contributed by atoms with Crippen LogP contribution in [0.5, 0.6) is 11.5 Å². The van der Waals surface area contributed by atoms with Gasteiger partial charge >= 0.3 is 0 Å². The summed E-state index contributed by atoms with van der Waals surface area (Å²) < 4.78 is 40.3. The molecule has 1 aliphatic heterocycles. The number of ether oxygens (including phenoxy) is 2. The Bertz CT molecular complexity index is 1260. The zero-order valence-corrected chi connectivity index (χ0v) is 19.7. The van der Waals surface area contributed by atoms with Gasteiger partial charge in [-0.1, -0.05) is 22.8 Å². The molecule has 10 heteroatoms. The highest BCUT2D eigenvalue weighted by Gasteiger charge is 2.36. The second-order valence-electron chi connectivity index (χ2n) is 7.76. The maximum atomic E-state index is 13.5. The molecule has 1 fully saturated rings. The highest BCUT2D eigenvalue weighted by atomic mass is 35.5. The van der Waals surface area contributed by atoms with Crippen molar-refractivity contribution < 1.29 is 27.2 Å². The van der Waals surface area contributed by atoms with E-state index in [0.717, 1.165) is 11.1 Å². The molecule has 174 valence electrons. The summed E-state index contributed by atoms with van der Waals surface area (Å²) in [5.41, 5.74) is 1.59. The number of sulfone groups is 1. The number of methoxy groups -OCH3 is 2. The van der Waals surface area contributed by atoms with Crippen molar-refractivity contribution in [2.24, 2.45) is 0 Å². The number of carbonyl (C=O) groups is 1. The summed E-state index contributed by atoms with van der Waals surface area (Å²) in [5.74, 6) is 1.05. The molecule has 0 radical (unpaired) electrons. The van der Waals surface area contributed by atoms with Gasteiger partial charge in [-0.15, -0.1) is 0 Å². The van der Waals surface area contributed by atoms with Gasteiger partial charge in [0.25, 0.3) is 5.91 Å². The van der Waals surface area contributed by atoms with Crippen molar-refractivity contribution in [1.82, 2.24) is 10.1 Å². The Balaban J connectivity index is 1.64. The third-order valence-electron chi connectivity index (χ3n) is 5.57. The number of aromatic nitrogens is 1. The van der Waals surface area contributed by atoms with Crippen molar-refractivity contribution in [3.05, 3.63) is 64.8 Å². The molecule has 1 aromatic heterocycles. The van der Waals surface area contributed by atoms with Gasteiger partial charge in [-0.2, -0.15) is 0 Å². The number of hydrogen-bond acceptors (Lipinski definition) is 7. The molecule has 1 amide bonds.